The molecule has 2 aliphatic heterocycles. The summed E-state index contributed by atoms with van der Waals surface area (Å²) < 4.78 is 85.8. The van der Waals surface area contributed by atoms with E-state index < -0.39 is 83.1 Å². The SMILES string of the molecule is Cc1cc(F)c(NC(=O)c2c(C)c(C(=O)C(=O)NC3(c4cn[nH]n4)CC3)c3n2CCC3)cc1F.Cc1ccc(NC(=O)c2c(C)c(C(=O)C(=O)NC3(c4cn[nH]n4)CC(F)(F)C3)c3n2CCC3)cc1C(F)F. The molecule has 0 atom stereocenters. The molecule has 72 heavy (non-hydrogen) atoms. The summed E-state index contributed by atoms with van der Waals surface area (Å²) in [6, 6.07) is 6.09. The largest absolute Gasteiger partial charge is 0.340 e. The van der Waals surface area contributed by atoms with Gasteiger partial charge in [-0.05, 0) is 107 Å². The minimum absolute atomic E-state index is 0.0312. The molecule has 2 saturated carbocycles. The van der Waals surface area contributed by atoms with Gasteiger partial charge in [-0.2, -0.15) is 30.8 Å². The van der Waals surface area contributed by atoms with Gasteiger partial charge in [0.15, 0.2) is 0 Å². The summed E-state index contributed by atoms with van der Waals surface area (Å²) in [6.45, 7) is 6.95. The number of aryl methyl sites for hydroxylation is 2. The Kier molecular flexibility index (Phi) is 12.5. The normalized spacial score (nSPS) is 16.4. The number of hydrogen-bond donors (Lipinski definition) is 6. The zero-order valence-corrected chi connectivity index (χ0v) is 39.1. The molecule has 4 aromatic heterocycles. The molecule has 4 amide bonds. The number of aromatic nitrogens is 8. The van der Waals surface area contributed by atoms with E-state index in [9.17, 15) is 55.1 Å². The molecule has 0 radical (unpaired) electrons. The predicted octanol–water partition coefficient (Wildman–Crippen LogP) is 6.67. The van der Waals surface area contributed by atoms with Crippen molar-refractivity contribution in [3.05, 3.63) is 127 Å². The average Bonchev–Trinajstić information content (AvgIpc) is 4.05. The molecule has 6 aromatic rings. The van der Waals surface area contributed by atoms with Gasteiger partial charge in [0.25, 0.3) is 47.5 Å². The molecule has 6 N–H and O–H groups in total. The van der Waals surface area contributed by atoms with Gasteiger partial charge in [0, 0.05) is 54.6 Å². The molecule has 2 aromatic carbocycles. The van der Waals surface area contributed by atoms with Gasteiger partial charge in [0.1, 0.15) is 34.4 Å². The van der Waals surface area contributed by atoms with E-state index in [-0.39, 0.29) is 56.3 Å². The maximum atomic E-state index is 14.3. The molecular weight excluding hydrogens is 955 g/mol. The number of benzene rings is 2. The Balaban J connectivity index is 0.000000179. The maximum absolute atomic E-state index is 14.3. The van der Waals surface area contributed by atoms with Crippen LogP contribution in [0, 0.1) is 39.3 Å². The van der Waals surface area contributed by atoms with Crippen molar-refractivity contribution in [1.82, 2.24) is 50.6 Å². The van der Waals surface area contributed by atoms with Gasteiger partial charge in [-0.25, -0.2) is 26.3 Å². The van der Waals surface area contributed by atoms with Gasteiger partial charge in [0.2, 0.25) is 0 Å². The lowest BCUT2D eigenvalue weighted by atomic mass is 9.71. The smallest absolute Gasteiger partial charge is 0.293 e. The van der Waals surface area contributed by atoms with Crippen LogP contribution in [-0.2, 0) is 46.6 Å². The molecular formula is C48H46F6N12O6. The number of alkyl halides is 4. The molecule has 2 aliphatic carbocycles. The molecule has 0 spiro atoms. The molecule has 0 saturated heterocycles. The Labute approximate surface area is 405 Å². The van der Waals surface area contributed by atoms with Crippen LogP contribution in [0.3, 0.4) is 0 Å². The van der Waals surface area contributed by atoms with Crippen LogP contribution >= 0.6 is 0 Å². The van der Waals surface area contributed by atoms with Crippen molar-refractivity contribution < 1.29 is 55.1 Å². The number of Topliss-reactive ketones (excluding diaryl/α,β-unsaturated/α-hetero) is 2. The van der Waals surface area contributed by atoms with Gasteiger partial charge in [-0.1, -0.05) is 6.07 Å². The minimum Gasteiger partial charge on any atom is -0.340 e. The van der Waals surface area contributed by atoms with Gasteiger partial charge in [-0.15, -0.1) is 0 Å². The molecule has 24 heteroatoms. The number of nitrogens with zero attached hydrogens (tertiary/aromatic N) is 6. The monoisotopic (exact) mass is 1000 g/mol. The number of amides is 4. The van der Waals surface area contributed by atoms with Crippen LogP contribution in [0.1, 0.15) is 137 Å². The number of hydrogen-bond acceptors (Lipinski definition) is 10. The van der Waals surface area contributed by atoms with Gasteiger partial charge < -0.3 is 30.4 Å². The third kappa shape index (κ3) is 8.82. The second kappa shape index (κ2) is 18.4. The quantitative estimate of drug-likeness (QED) is 0.0408. The number of aromatic amines is 2. The Morgan fingerprint density at radius 2 is 1.18 bits per heavy atom. The third-order valence-electron chi connectivity index (χ3n) is 13.8. The van der Waals surface area contributed by atoms with Crippen molar-refractivity contribution in [2.24, 2.45) is 0 Å². The first kappa shape index (κ1) is 49.1. The van der Waals surface area contributed by atoms with E-state index >= 15 is 0 Å². The first-order valence-corrected chi connectivity index (χ1v) is 22.9. The lowest BCUT2D eigenvalue weighted by Gasteiger charge is -2.46. The number of nitrogens with one attached hydrogen (secondary N) is 6. The molecule has 6 heterocycles. The lowest BCUT2D eigenvalue weighted by Crippen LogP contribution is -2.61. The summed E-state index contributed by atoms with van der Waals surface area (Å²) >= 11 is 0. The summed E-state index contributed by atoms with van der Waals surface area (Å²) in [5.41, 5.74) is 0.662. The van der Waals surface area contributed by atoms with Crippen molar-refractivity contribution in [1.29, 1.82) is 0 Å². The Morgan fingerprint density at radius 1 is 0.667 bits per heavy atom. The van der Waals surface area contributed by atoms with E-state index in [0.717, 1.165) is 12.1 Å². The van der Waals surface area contributed by atoms with Crippen LogP contribution in [-0.4, -0.2) is 81.1 Å². The van der Waals surface area contributed by atoms with Crippen LogP contribution in [0.5, 0.6) is 0 Å². The van der Waals surface area contributed by atoms with E-state index in [1.807, 2.05) is 0 Å². The van der Waals surface area contributed by atoms with Crippen LogP contribution in [0.15, 0.2) is 42.7 Å². The Bertz CT molecular complexity index is 3210. The van der Waals surface area contributed by atoms with E-state index in [0.29, 0.717) is 79.8 Å². The third-order valence-corrected chi connectivity index (χ3v) is 13.8. The number of fused-ring (bicyclic) bond motifs is 2. The van der Waals surface area contributed by atoms with Gasteiger partial charge >= 0.3 is 0 Å². The summed E-state index contributed by atoms with van der Waals surface area (Å²) in [7, 11) is 0. The Morgan fingerprint density at radius 3 is 1.67 bits per heavy atom. The number of rotatable bonds is 13. The number of carbonyl (C=O) groups excluding carboxylic acids is 6. The van der Waals surface area contributed by atoms with Crippen molar-refractivity contribution in [2.75, 3.05) is 10.6 Å². The first-order valence-electron chi connectivity index (χ1n) is 22.9. The summed E-state index contributed by atoms with van der Waals surface area (Å²) in [5, 5.41) is 30.3. The van der Waals surface area contributed by atoms with Gasteiger partial charge in [0.05, 0.1) is 40.3 Å². The van der Waals surface area contributed by atoms with Crippen LogP contribution < -0.4 is 21.3 Å². The van der Waals surface area contributed by atoms with E-state index in [2.05, 4.69) is 52.1 Å². The molecule has 10 rings (SSSR count). The minimum atomic E-state index is -3.03. The van der Waals surface area contributed by atoms with Crippen molar-refractivity contribution in [3.63, 3.8) is 0 Å². The van der Waals surface area contributed by atoms with Crippen molar-refractivity contribution >= 4 is 46.6 Å². The fourth-order valence-corrected chi connectivity index (χ4v) is 10.1. The summed E-state index contributed by atoms with van der Waals surface area (Å²) in [6.07, 6.45) is 2.07. The number of ketones is 2. The fraction of sp³-hybridized carbons (Fsp3) is 0.375. The summed E-state index contributed by atoms with van der Waals surface area (Å²) in [4.78, 5) is 78.9. The van der Waals surface area contributed by atoms with Crippen LogP contribution in [0.25, 0.3) is 0 Å². The zero-order valence-electron chi connectivity index (χ0n) is 39.1. The maximum Gasteiger partial charge on any atom is 0.293 e. The second-order valence-electron chi connectivity index (χ2n) is 18.6. The highest BCUT2D eigenvalue weighted by Crippen LogP contribution is 2.51. The zero-order chi connectivity index (χ0) is 51.6. The molecule has 0 bridgehead atoms. The number of halogens is 6. The van der Waals surface area contributed by atoms with E-state index in [1.165, 1.54) is 51.4 Å². The van der Waals surface area contributed by atoms with Crippen LogP contribution in [0.4, 0.5) is 37.7 Å². The van der Waals surface area contributed by atoms with Crippen molar-refractivity contribution in [2.45, 2.75) is 116 Å². The van der Waals surface area contributed by atoms with E-state index in [4.69, 9.17) is 0 Å². The summed E-state index contributed by atoms with van der Waals surface area (Å²) in [5.74, 6) is -9.34. The highest BCUT2D eigenvalue weighted by Gasteiger charge is 2.60. The lowest BCUT2D eigenvalue weighted by molar-refractivity contribution is -0.148. The van der Waals surface area contributed by atoms with Crippen LogP contribution in [0.2, 0.25) is 0 Å². The number of anilines is 2. The molecule has 18 nitrogen and oxygen atoms in total. The Hall–Kier alpha value is -7.92. The average molecular weight is 1000 g/mol. The van der Waals surface area contributed by atoms with E-state index in [1.54, 1.807) is 16.1 Å². The topological polar surface area (TPSA) is 244 Å². The molecule has 4 aliphatic rings. The fourth-order valence-electron chi connectivity index (χ4n) is 10.1. The van der Waals surface area contributed by atoms with Crippen molar-refractivity contribution in [3.8, 4) is 0 Å². The van der Waals surface area contributed by atoms with Gasteiger partial charge in [-0.3, -0.25) is 28.8 Å². The highest BCUT2D eigenvalue weighted by atomic mass is 19.3. The molecule has 0 unspecified atom stereocenters. The molecule has 2 fully saturated rings. The number of H-pyrrole nitrogens is 2. The highest BCUT2D eigenvalue weighted by molar-refractivity contribution is 6.44. The standard InChI is InChI=1S/C25H24F4N6O3.C23H22F2N6O3/c1-12-5-6-14(8-15(12)21(26)27)31-22(37)19-13(2)18(16-4-3-7-35(16)19)20(36)23(38)32-24(10-25(28,29)11-24)17-9-30-34-33-17;1-11-8-14(25)15(9-13(11)24)27-21(33)19-12(2)18(16-4-3-7-31(16)19)20(32)22(34)28-23(5-6-23)17-10-26-30-29-17/h5-6,8-9,21H,3-4,7,10-11H2,1-2H3,(H,31,37)(H,32,38)(H,30,33,34);8-10H,3-7H2,1-2H3,(H,27,33)(H,28,34)(H,26,29,30). The first-order chi connectivity index (χ1) is 34.1. The second-order valence-corrected chi connectivity index (χ2v) is 18.6. The number of carbonyl (C=O) groups is 6. The predicted molar refractivity (Wildman–Crippen MR) is 243 cm³/mol. The molecule has 376 valence electrons.